The lowest BCUT2D eigenvalue weighted by atomic mass is 10.0. The van der Waals surface area contributed by atoms with Crippen LogP contribution in [-0.2, 0) is 0 Å². The van der Waals surface area contributed by atoms with Gasteiger partial charge in [0.25, 0.3) is 0 Å². The largest absolute Gasteiger partial charge is 0.358 e. The third-order valence-electron chi connectivity index (χ3n) is 3.27. The summed E-state index contributed by atoms with van der Waals surface area (Å²) in [5.41, 5.74) is 5.52. The van der Waals surface area contributed by atoms with Gasteiger partial charge in [0.15, 0.2) is 6.29 Å². The summed E-state index contributed by atoms with van der Waals surface area (Å²) < 4.78 is 0. The number of aryl methyl sites for hydroxylation is 2. The van der Waals surface area contributed by atoms with Crippen LogP contribution in [0.2, 0.25) is 0 Å². The van der Waals surface area contributed by atoms with Crippen molar-refractivity contribution in [3.05, 3.63) is 47.5 Å². The maximum absolute atomic E-state index is 10.6. The highest BCUT2D eigenvalue weighted by Gasteiger charge is 2.13. The van der Waals surface area contributed by atoms with Crippen molar-refractivity contribution in [1.82, 2.24) is 15.0 Å². The van der Waals surface area contributed by atoms with E-state index >= 15 is 0 Å². The van der Waals surface area contributed by atoms with Gasteiger partial charge in [-0.1, -0.05) is 12.1 Å². The van der Waals surface area contributed by atoms with Crippen LogP contribution in [0.1, 0.15) is 21.7 Å². The molecule has 0 aliphatic heterocycles. The Labute approximate surface area is 110 Å². The molecular weight excluding hydrogens is 238 g/mol. The smallest absolute Gasteiger partial charge is 0.170 e. The van der Waals surface area contributed by atoms with E-state index in [2.05, 4.69) is 27.9 Å². The van der Waals surface area contributed by atoms with Crippen LogP contribution in [-0.4, -0.2) is 21.2 Å². The van der Waals surface area contributed by atoms with Crippen molar-refractivity contribution in [3.63, 3.8) is 0 Å². The molecule has 0 aliphatic rings. The van der Waals surface area contributed by atoms with Crippen LogP contribution in [0, 0.1) is 13.8 Å². The summed E-state index contributed by atoms with van der Waals surface area (Å²) in [4.78, 5) is 22.4. The Bertz CT molecular complexity index is 757. The first-order valence-corrected chi connectivity index (χ1v) is 6.06. The predicted molar refractivity (Wildman–Crippen MR) is 74.2 cm³/mol. The van der Waals surface area contributed by atoms with Crippen molar-refractivity contribution in [2.24, 2.45) is 0 Å². The Hall–Kier alpha value is -2.49. The third-order valence-corrected chi connectivity index (χ3v) is 3.27. The quantitative estimate of drug-likeness (QED) is 0.712. The zero-order chi connectivity index (χ0) is 13.4. The number of nitrogens with one attached hydrogen (secondary N) is 1. The monoisotopic (exact) mass is 251 g/mol. The molecule has 0 radical (unpaired) electrons. The van der Waals surface area contributed by atoms with Gasteiger partial charge in [-0.2, -0.15) is 0 Å². The first-order chi connectivity index (χ1) is 9.20. The molecule has 0 bridgehead atoms. The molecule has 0 aliphatic carbocycles. The fourth-order valence-corrected chi connectivity index (χ4v) is 2.40. The molecule has 0 saturated heterocycles. The van der Waals surface area contributed by atoms with Gasteiger partial charge in [0.2, 0.25) is 0 Å². The van der Waals surface area contributed by atoms with E-state index in [1.54, 1.807) is 6.20 Å². The highest BCUT2D eigenvalue weighted by molar-refractivity contribution is 5.98. The van der Waals surface area contributed by atoms with E-state index < -0.39 is 0 Å². The number of carbonyl (C=O) groups is 1. The highest BCUT2D eigenvalue weighted by Crippen LogP contribution is 2.32. The molecule has 0 amide bonds. The molecule has 0 spiro atoms. The van der Waals surface area contributed by atoms with Crippen LogP contribution in [0.5, 0.6) is 0 Å². The van der Waals surface area contributed by atoms with Crippen molar-refractivity contribution in [1.29, 1.82) is 0 Å². The molecule has 3 aromatic rings. The van der Waals surface area contributed by atoms with Gasteiger partial charge >= 0.3 is 0 Å². The van der Waals surface area contributed by atoms with E-state index in [1.165, 1.54) is 11.8 Å². The van der Waals surface area contributed by atoms with Crippen molar-refractivity contribution in [2.75, 3.05) is 0 Å². The first-order valence-electron chi connectivity index (χ1n) is 6.06. The number of aldehydes is 1. The van der Waals surface area contributed by atoms with Crippen LogP contribution in [0.3, 0.4) is 0 Å². The number of H-pyrrole nitrogens is 1. The Morgan fingerprint density at radius 3 is 2.68 bits per heavy atom. The maximum Gasteiger partial charge on any atom is 0.170 e. The number of hydrogen-bond donors (Lipinski definition) is 1. The molecule has 0 unspecified atom stereocenters. The second-order valence-electron chi connectivity index (χ2n) is 4.57. The van der Waals surface area contributed by atoms with Crippen LogP contribution in [0.15, 0.2) is 30.6 Å². The Morgan fingerprint density at radius 2 is 2.00 bits per heavy atom. The molecule has 0 saturated carbocycles. The standard InChI is InChI=1S/C15H13N3O/c1-9-4-3-5-12-14(9)15(10(2)18-12)13-7-16-11(8-19)6-17-13/h3-8,18H,1-2H3. The van der Waals surface area contributed by atoms with Gasteiger partial charge in [0.1, 0.15) is 5.69 Å². The molecule has 4 nitrogen and oxygen atoms in total. The minimum atomic E-state index is 0.345. The molecule has 0 atom stereocenters. The summed E-state index contributed by atoms with van der Waals surface area (Å²) in [7, 11) is 0. The maximum atomic E-state index is 10.6. The zero-order valence-electron chi connectivity index (χ0n) is 10.8. The van der Waals surface area contributed by atoms with Gasteiger partial charge in [0.05, 0.1) is 18.1 Å². The topological polar surface area (TPSA) is 58.6 Å². The minimum absolute atomic E-state index is 0.345. The molecule has 2 heterocycles. The summed E-state index contributed by atoms with van der Waals surface area (Å²) in [6.07, 6.45) is 3.84. The number of aromatic amines is 1. The fourth-order valence-electron chi connectivity index (χ4n) is 2.40. The predicted octanol–water partition coefficient (Wildman–Crippen LogP) is 3.05. The molecule has 1 aromatic carbocycles. The van der Waals surface area contributed by atoms with Gasteiger partial charge < -0.3 is 4.98 Å². The van der Waals surface area contributed by atoms with Gasteiger partial charge in [-0.25, -0.2) is 4.98 Å². The third kappa shape index (κ3) is 1.81. The minimum Gasteiger partial charge on any atom is -0.358 e. The lowest BCUT2D eigenvalue weighted by Gasteiger charge is -2.03. The summed E-state index contributed by atoms with van der Waals surface area (Å²) in [5.74, 6) is 0. The van der Waals surface area contributed by atoms with E-state index in [0.717, 1.165) is 27.9 Å². The Balaban J connectivity index is 2.28. The molecular formula is C15H13N3O. The Morgan fingerprint density at radius 1 is 1.16 bits per heavy atom. The summed E-state index contributed by atoms with van der Waals surface area (Å²) in [6.45, 7) is 4.09. The number of carbonyl (C=O) groups excluding carboxylic acids is 1. The zero-order valence-corrected chi connectivity index (χ0v) is 10.8. The van der Waals surface area contributed by atoms with Crippen molar-refractivity contribution < 1.29 is 4.79 Å². The molecule has 0 fully saturated rings. The van der Waals surface area contributed by atoms with Gasteiger partial charge in [-0.05, 0) is 25.5 Å². The first kappa shape index (κ1) is 11.6. The van der Waals surface area contributed by atoms with Gasteiger partial charge in [0, 0.05) is 22.2 Å². The van der Waals surface area contributed by atoms with E-state index in [9.17, 15) is 4.79 Å². The van der Waals surface area contributed by atoms with Crippen LogP contribution in [0.25, 0.3) is 22.2 Å². The van der Waals surface area contributed by atoms with Crippen LogP contribution in [0.4, 0.5) is 0 Å². The van der Waals surface area contributed by atoms with Crippen LogP contribution >= 0.6 is 0 Å². The molecule has 19 heavy (non-hydrogen) atoms. The highest BCUT2D eigenvalue weighted by atomic mass is 16.1. The van der Waals surface area contributed by atoms with E-state index in [4.69, 9.17) is 0 Å². The van der Waals surface area contributed by atoms with Gasteiger partial charge in [-0.15, -0.1) is 0 Å². The number of hydrogen-bond acceptors (Lipinski definition) is 3. The van der Waals surface area contributed by atoms with E-state index in [-0.39, 0.29) is 0 Å². The summed E-state index contributed by atoms with van der Waals surface area (Å²) >= 11 is 0. The Kier molecular flexibility index (Phi) is 2.63. The molecule has 2 aromatic heterocycles. The lowest BCUT2D eigenvalue weighted by molar-refractivity contribution is 0.111. The average Bonchev–Trinajstić information content (AvgIpc) is 2.76. The number of nitrogens with zero attached hydrogens (tertiary/aromatic N) is 2. The normalized spacial score (nSPS) is 10.8. The van der Waals surface area contributed by atoms with E-state index in [0.29, 0.717) is 12.0 Å². The molecule has 94 valence electrons. The molecule has 3 rings (SSSR count). The molecule has 4 heteroatoms. The lowest BCUT2D eigenvalue weighted by Crippen LogP contribution is -1.92. The fraction of sp³-hybridized carbons (Fsp3) is 0.133. The second kappa shape index (κ2) is 4.31. The summed E-state index contributed by atoms with van der Waals surface area (Å²) in [5, 5.41) is 1.16. The number of aromatic nitrogens is 3. The number of fused-ring (bicyclic) bond motifs is 1. The van der Waals surface area contributed by atoms with Crippen LogP contribution < -0.4 is 0 Å². The number of rotatable bonds is 2. The average molecular weight is 251 g/mol. The second-order valence-corrected chi connectivity index (χ2v) is 4.57. The summed E-state index contributed by atoms with van der Waals surface area (Å²) in [6, 6.07) is 6.15. The van der Waals surface area contributed by atoms with E-state index in [1.807, 2.05) is 19.1 Å². The van der Waals surface area contributed by atoms with Crippen molar-refractivity contribution >= 4 is 17.2 Å². The number of benzene rings is 1. The van der Waals surface area contributed by atoms with Gasteiger partial charge in [-0.3, -0.25) is 9.78 Å². The molecule has 1 N–H and O–H groups in total. The SMILES string of the molecule is Cc1[nH]c2cccc(C)c2c1-c1cnc(C=O)cn1. The van der Waals surface area contributed by atoms with Crippen molar-refractivity contribution in [2.45, 2.75) is 13.8 Å². The van der Waals surface area contributed by atoms with Crippen molar-refractivity contribution in [3.8, 4) is 11.3 Å².